The highest BCUT2D eigenvalue weighted by Crippen LogP contribution is 2.27. The van der Waals surface area contributed by atoms with Gasteiger partial charge in [0.1, 0.15) is 0 Å². The Hall–Kier alpha value is -0.710. The van der Waals surface area contributed by atoms with Crippen LogP contribution in [0.25, 0.3) is 0 Å². The predicted octanol–water partition coefficient (Wildman–Crippen LogP) is 1.08. The largest absolute Gasteiger partial charge is 0.739 e. The van der Waals surface area contributed by atoms with Crippen molar-refractivity contribution in [1.82, 2.24) is 20.2 Å². The highest BCUT2D eigenvalue weighted by atomic mass is 32.1. The number of rotatable bonds is 1. The Bertz CT molecular complexity index is 254. The molecule has 0 saturated heterocycles. The van der Waals surface area contributed by atoms with Gasteiger partial charge in [-0.25, -0.2) is 4.68 Å². The molecule has 1 saturated carbocycles. The lowest BCUT2D eigenvalue weighted by Crippen LogP contribution is -2.15. The smallest absolute Gasteiger partial charge is 0.0537 e. The molecule has 0 unspecified atom stereocenters. The Balaban J connectivity index is 2.13. The summed E-state index contributed by atoms with van der Waals surface area (Å²) in [6.45, 7) is 0. The van der Waals surface area contributed by atoms with Gasteiger partial charge in [-0.1, -0.05) is 19.3 Å². The average Bonchev–Trinajstić information content (AvgIpc) is 2.53. The zero-order valence-corrected chi connectivity index (χ0v) is 7.63. The second kappa shape index (κ2) is 3.35. The van der Waals surface area contributed by atoms with Crippen LogP contribution in [0.3, 0.4) is 0 Å². The minimum absolute atomic E-state index is 0.459. The first-order chi connectivity index (χ1) is 5.88. The number of tetrazole rings is 1. The summed E-state index contributed by atoms with van der Waals surface area (Å²) in [7, 11) is 0. The van der Waals surface area contributed by atoms with Crippen LogP contribution in [0, 0.1) is 0 Å². The van der Waals surface area contributed by atoms with Gasteiger partial charge in [0.2, 0.25) is 0 Å². The number of aromatic nitrogens is 4. The third kappa shape index (κ3) is 1.41. The maximum Gasteiger partial charge on any atom is 0.0537 e. The van der Waals surface area contributed by atoms with E-state index in [9.17, 15) is 0 Å². The van der Waals surface area contributed by atoms with Gasteiger partial charge in [-0.2, -0.15) is 0 Å². The zero-order valence-electron chi connectivity index (χ0n) is 6.81. The summed E-state index contributed by atoms with van der Waals surface area (Å²) >= 11 is 4.99. The number of nitrogens with zero attached hydrogens (tertiary/aromatic N) is 4. The van der Waals surface area contributed by atoms with E-state index in [1.807, 2.05) is 0 Å². The fraction of sp³-hybridized carbons (Fsp3) is 0.857. The molecule has 1 aliphatic rings. The van der Waals surface area contributed by atoms with Gasteiger partial charge in [-0.15, -0.1) is 5.10 Å². The highest BCUT2D eigenvalue weighted by molar-refractivity contribution is 7.58. The lowest BCUT2D eigenvalue weighted by atomic mass is 9.96. The standard InChI is InChI=1S/C7H12N4S/c12-7-8-9-10-11(7)6-4-2-1-3-5-6/h6H,1-5H2,(H,8,10,12)/p-1. The summed E-state index contributed by atoms with van der Waals surface area (Å²) < 4.78 is 1.79. The van der Waals surface area contributed by atoms with Crippen molar-refractivity contribution in [2.45, 2.75) is 43.3 Å². The quantitative estimate of drug-likeness (QED) is 0.611. The van der Waals surface area contributed by atoms with E-state index in [-0.39, 0.29) is 0 Å². The molecular formula is C7H11N4S-. The molecule has 66 valence electrons. The van der Waals surface area contributed by atoms with E-state index in [1.54, 1.807) is 4.68 Å². The number of hydrogen-bond donors (Lipinski definition) is 0. The van der Waals surface area contributed by atoms with Crippen LogP contribution >= 0.6 is 0 Å². The first-order valence-corrected chi connectivity index (χ1v) is 4.73. The van der Waals surface area contributed by atoms with E-state index in [0.29, 0.717) is 11.2 Å². The average molecular weight is 183 g/mol. The molecule has 0 aromatic carbocycles. The molecule has 0 N–H and O–H groups in total. The van der Waals surface area contributed by atoms with E-state index < -0.39 is 0 Å². The summed E-state index contributed by atoms with van der Waals surface area (Å²) in [5.74, 6) is 0. The third-order valence-corrected chi connectivity index (χ3v) is 2.65. The van der Waals surface area contributed by atoms with Gasteiger partial charge < -0.3 is 12.6 Å². The second-order valence-corrected chi connectivity index (χ2v) is 3.56. The molecule has 0 spiro atoms. The molecule has 1 fully saturated rings. The van der Waals surface area contributed by atoms with Crippen molar-refractivity contribution in [3.05, 3.63) is 0 Å². The Kier molecular flexibility index (Phi) is 2.21. The minimum atomic E-state index is 0.459. The topological polar surface area (TPSA) is 43.6 Å². The van der Waals surface area contributed by atoms with Gasteiger partial charge in [0, 0.05) is 5.16 Å². The molecule has 5 heteroatoms. The van der Waals surface area contributed by atoms with Crippen molar-refractivity contribution in [3.8, 4) is 0 Å². The maximum absolute atomic E-state index is 4.99. The van der Waals surface area contributed by atoms with Crippen molar-refractivity contribution < 1.29 is 0 Å². The Morgan fingerprint density at radius 1 is 1.25 bits per heavy atom. The monoisotopic (exact) mass is 183 g/mol. The first kappa shape index (κ1) is 7.91. The van der Waals surface area contributed by atoms with Gasteiger partial charge >= 0.3 is 0 Å². The number of hydrogen-bond acceptors (Lipinski definition) is 4. The van der Waals surface area contributed by atoms with Crippen molar-refractivity contribution in [2.24, 2.45) is 0 Å². The molecule has 1 aromatic rings. The molecule has 0 radical (unpaired) electrons. The molecule has 1 aliphatic carbocycles. The van der Waals surface area contributed by atoms with Crippen molar-refractivity contribution in [3.63, 3.8) is 0 Å². The zero-order chi connectivity index (χ0) is 8.39. The van der Waals surface area contributed by atoms with E-state index in [4.69, 9.17) is 12.6 Å². The van der Waals surface area contributed by atoms with Gasteiger partial charge in [-0.3, -0.25) is 0 Å². The molecule has 1 heterocycles. The maximum atomic E-state index is 4.99. The molecule has 12 heavy (non-hydrogen) atoms. The predicted molar refractivity (Wildman–Crippen MR) is 45.6 cm³/mol. The van der Waals surface area contributed by atoms with Crippen LogP contribution in [-0.4, -0.2) is 20.2 Å². The van der Waals surface area contributed by atoms with Gasteiger partial charge in [0.25, 0.3) is 0 Å². The van der Waals surface area contributed by atoms with E-state index >= 15 is 0 Å². The Morgan fingerprint density at radius 2 is 2.00 bits per heavy atom. The molecule has 0 amide bonds. The van der Waals surface area contributed by atoms with Gasteiger partial charge in [-0.05, 0) is 23.3 Å². The van der Waals surface area contributed by atoms with Gasteiger partial charge in [0.15, 0.2) is 0 Å². The summed E-state index contributed by atoms with van der Waals surface area (Å²) in [6.07, 6.45) is 6.24. The lowest BCUT2D eigenvalue weighted by molar-refractivity contribution is 0.307. The van der Waals surface area contributed by atoms with Crippen molar-refractivity contribution >= 4 is 12.6 Å². The highest BCUT2D eigenvalue weighted by Gasteiger charge is 2.15. The SMILES string of the molecule is [S-]c1nnnn1C1CCCCC1. The van der Waals surface area contributed by atoms with Gasteiger partial charge in [0.05, 0.1) is 6.04 Å². The van der Waals surface area contributed by atoms with E-state index in [0.717, 1.165) is 0 Å². The summed E-state index contributed by atoms with van der Waals surface area (Å²) in [5, 5.41) is 11.7. The van der Waals surface area contributed by atoms with Crippen LogP contribution in [0.5, 0.6) is 0 Å². The molecule has 0 atom stereocenters. The van der Waals surface area contributed by atoms with Crippen LogP contribution in [0.15, 0.2) is 5.16 Å². The third-order valence-electron chi connectivity index (χ3n) is 2.38. The van der Waals surface area contributed by atoms with Crippen molar-refractivity contribution in [1.29, 1.82) is 0 Å². The lowest BCUT2D eigenvalue weighted by Gasteiger charge is -2.23. The molecule has 0 bridgehead atoms. The van der Waals surface area contributed by atoms with Crippen LogP contribution in [0.1, 0.15) is 38.1 Å². The van der Waals surface area contributed by atoms with Crippen molar-refractivity contribution in [2.75, 3.05) is 0 Å². The first-order valence-electron chi connectivity index (χ1n) is 4.33. The fourth-order valence-electron chi connectivity index (χ4n) is 1.74. The summed E-state index contributed by atoms with van der Waals surface area (Å²) in [4.78, 5) is 0. The Morgan fingerprint density at radius 3 is 2.58 bits per heavy atom. The molecule has 0 aliphatic heterocycles. The Labute approximate surface area is 76.8 Å². The van der Waals surface area contributed by atoms with E-state index in [2.05, 4.69) is 15.5 Å². The van der Waals surface area contributed by atoms with Crippen LogP contribution in [0.2, 0.25) is 0 Å². The molecule has 2 rings (SSSR count). The van der Waals surface area contributed by atoms with Crippen LogP contribution < -0.4 is 0 Å². The van der Waals surface area contributed by atoms with Crippen LogP contribution in [0.4, 0.5) is 0 Å². The van der Waals surface area contributed by atoms with Crippen LogP contribution in [-0.2, 0) is 12.6 Å². The summed E-state index contributed by atoms with van der Waals surface area (Å²) in [5.41, 5.74) is 0. The normalized spacial score (nSPS) is 19.7. The van der Waals surface area contributed by atoms with E-state index in [1.165, 1.54) is 32.1 Å². The molecule has 4 nitrogen and oxygen atoms in total. The molecule has 1 aromatic heterocycles. The minimum Gasteiger partial charge on any atom is -0.739 e. The fourth-order valence-corrected chi connectivity index (χ4v) is 1.96. The molecular weight excluding hydrogens is 172 g/mol. The summed E-state index contributed by atoms with van der Waals surface area (Å²) in [6, 6.07) is 0.459. The second-order valence-electron chi connectivity index (χ2n) is 3.20.